The van der Waals surface area contributed by atoms with E-state index in [-0.39, 0.29) is 0 Å². The fourth-order valence-corrected chi connectivity index (χ4v) is 0.949. The molecule has 0 amide bonds. The van der Waals surface area contributed by atoms with Gasteiger partial charge in [0, 0.05) is 12.2 Å². The molecule has 0 atom stereocenters. The van der Waals surface area contributed by atoms with E-state index < -0.39 is 0 Å². The summed E-state index contributed by atoms with van der Waals surface area (Å²) < 4.78 is 0. The molecule has 2 nitrogen and oxygen atoms in total. The molecule has 0 unspecified atom stereocenters. The number of hydrogen-bond donors (Lipinski definition) is 1. The molecule has 3 heteroatoms. The SMILES string of the molecule is S=C=NCCNc1ccccc1. The first kappa shape index (κ1) is 8.91. The molecule has 1 aromatic carbocycles. The van der Waals surface area contributed by atoms with Crippen LogP contribution < -0.4 is 5.32 Å². The van der Waals surface area contributed by atoms with E-state index in [1.54, 1.807) is 0 Å². The highest BCUT2D eigenvalue weighted by atomic mass is 32.1. The van der Waals surface area contributed by atoms with Gasteiger partial charge in [-0.25, -0.2) is 4.99 Å². The minimum Gasteiger partial charge on any atom is -0.383 e. The molecule has 62 valence electrons. The third kappa shape index (κ3) is 3.28. The second kappa shape index (κ2) is 5.47. The van der Waals surface area contributed by atoms with Gasteiger partial charge in [-0.3, -0.25) is 0 Å². The van der Waals surface area contributed by atoms with Gasteiger partial charge in [-0.15, -0.1) is 0 Å². The number of isothiocyanates is 1. The zero-order valence-electron chi connectivity index (χ0n) is 6.66. The maximum Gasteiger partial charge on any atom is 0.0665 e. The lowest BCUT2D eigenvalue weighted by atomic mass is 10.3. The second-order valence-corrected chi connectivity index (χ2v) is 2.45. The zero-order valence-corrected chi connectivity index (χ0v) is 7.47. The van der Waals surface area contributed by atoms with Crippen molar-refractivity contribution in [2.75, 3.05) is 18.4 Å². The maximum atomic E-state index is 4.44. The molecule has 12 heavy (non-hydrogen) atoms. The van der Waals surface area contributed by atoms with Gasteiger partial charge in [0.15, 0.2) is 0 Å². The van der Waals surface area contributed by atoms with Crippen molar-refractivity contribution in [1.82, 2.24) is 0 Å². The van der Waals surface area contributed by atoms with Crippen LogP contribution in [0.1, 0.15) is 0 Å². The summed E-state index contributed by atoms with van der Waals surface area (Å²) >= 11 is 4.44. The second-order valence-electron chi connectivity index (χ2n) is 2.27. The molecular formula is C9H10N2S. The summed E-state index contributed by atoms with van der Waals surface area (Å²) in [5.74, 6) is 0. The van der Waals surface area contributed by atoms with Crippen molar-refractivity contribution in [2.45, 2.75) is 0 Å². The topological polar surface area (TPSA) is 24.4 Å². The number of benzene rings is 1. The van der Waals surface area contributed by atoms with Crippen LogP contribution in [0.4, 0.5) is 5.69 Å². The van der Waals surface area contributed by atoms with E-state index >= 15 is 0 Å². The first-order chi connectivity index (χ1) is 5.93. The molecule has 0 saturated heterocycles. The van der Waals surface area contributed by atoms with Crippen LogP contribution in [0.5, 0.6) is 0 Å². The van der Waals surface area contributed by atoms with Crippen molar-refractivity contribution >= 4 is 23.1 Å². The smallest absolute Gasteiger partial charge is 0.0665 e. The van der Waals surface area contributed by atoms with Gasteiger partial charge < -0.3 is 5.32 Å². The van der Waals surface area contributed by atoms with Gasteiger partial charge in [0.2, 0.25) is 0 Å². The fourth-order valence-electron chi connectivity index (χ4n) is 0.858. The van der Waals surface area contributed by atoms with Crippen LogP contribution >= 0.6 is 12.2 Å². The number of hydrogen-bond acceptors (Lipinski definition) is 3. The van der Waals surface area contributed by atoms with E-state index in [4.69, 9.17) is 0 Å². The van der Waals surface area contributed by atoms with Gasteiger partial charge >= 0.3 is 0 Å². The quantitative estimate of drug-likeness (QED) is 0.434. The number of rotatable bonds is 4. The van der Waals surface area contributed by atoms with Crippen LogP contribution in [0.25, 0.3) is 0 Å². The summed E-state index contributed by atoms with van der Waals surface area (Å²) in [6.07, 6.45) is 0. The minimum atomic E-state index is 0.679. The fraction of sp³-hybridized carbons (Fsp3) is 0.222. The standard InChI is InChI=1S/C9H10N2S/c12-8-10-6-7-11-9-4-2-1-3-5-9/h1-5,11H,6-7H2. The highest BCUT2D eigenvalue weighted by molar-refractivity contribution is 7.78. The third-order valence-corrected chi connectivity index (χ3v) is 1.52. The van der Waals surface area contributed by atoms with Gasteiger partial charge in [-0.05, 0) is 24.4 Å². The Morgan fingerprint density at radius 3 is 2.75 bits per heavy atom. The first-order valence-electron chi connectivity index (χ1n) is 3.76. The molecule has 0 aliphatic rings. The van der Waals surface area contributed by atoms with Crippen LogP contribution in [-0.2, 0) is 0 Å². The monoisotopic (exact) mass is 178 g/mol. The molecule has 1 N–H and O–H groups in total. The van der Waals surface area contributed by atoms with Crippen molar-refractivity contribution in [2.24, 2.45) is 4.99 Å². The van der Waals surface area contributed by atoms with Crippen molar-refractivity contribution in [1.29, 1.82) is 0 Å². The highest BCUT2D eigenvalue weighted by Crippen LogP contribution is 2.03. The van der Waals surface area contributed by atoms with Gasteiger partial charge in [-0.2, -0.15) is 0 Å². The Kier molecular flexibility index (Phi) is 4.06. The normalized spacial score (nSPS) is 8.67. The van der Waals surface area contributed by atoms with E-state index in [1.165, 1.54) is 0 Å². The van der Waals surface area contributed by atoms with E-state index in [1.807, 2.05) is 30.3 Å². The number of nitrogens with one attached hydrogen (secondary N) is 1. The average molecular weight is 178 g/mol. The minimum absolute atomic E-state index is 0.679. The summed E-state index contributed by atoms with van der Waals surface area (Å²) in [7, 11) is 0. The van der Waals surface area contributed by atoms with Crippen molar-refractivity contribution < 1.29 is 0 Å². The lowest BCUT2D eigenvalue weighted by Gasteiger charge is -2.01. The molecule has 1 aromatic rings. The summed E-state index contributed by atoms with van der Waals surface area (Å²) in [4.78, 5) is 3.79. The Morgan fingerprint density at radius 1 is 1.33 bits per heavy atom. The average Bonchev–Trinajstić information content (AvgIpc) is 2.14. The molecule has 0 saturated carbocycles. The van der Waals surface area contributed by atoms with Gasteiger partial charge in [0.1, 0.15) is 0 Å². The Labute approximate surface area is 77.3 Å². The summed E-state index contributed by atoms with van der Waals surface area (Å²) in [5, 5.41) is 5.52. The van der Waals surface area contributed by atoms with Crippen LogP contribution in [0, 0.1) is 0 Å². The lowest BCUT2D eigenvalue weighted by molar-refractivity contribution is 1.03. The lowest BCUT2D eigenvalue weighted by Crippen LogP contribution is -2.03. The molecule has 0 fully saturated rings. The molecule has 0 spiro atoms. The first-order valence-corrected chi connectivity index (χ1v) is 4.17. The maximum absolute atomic E-state index is 4.44. The molecule has 0 aliphatic carbocycles. The Bertz CT molecular complexity index is 265. The van der Waals surface area contributed by atoms with Gasteiger partial charge in [0.05, 0.1) is 11.7 Å². The molecule has 1 rings (SSSR count). The van der Waals surface area contributed by atoms with Crippen molar-refractivity contribution in [3.63, 3.8) is 0 Å². The van der Waals surface area contributed by atoms with Crippen LogP contribution in [0.3, 0.4) is 0 Å². The summed E-state index contributed by atoms with van der Waals surface area (Å²) in [6.45, 7) is 1.48. The predicted molar refractivity (Wildman–Crippen MR) is 54.8 cm³/mol. The Morgan fingerprint density at radius 2 is 2.08 bits per heavy atom. The van der Waals surface area contributed by atoms with E-state index in [2.05, 4.69) is 27.7 Å². The van der Waals surface area contributed by atoms with Crippen LogP contribution in [-0.4, -0.2) is 18.3 Å². The van der Waals surface area contributed by atoms with Crippen LogP contribution in [0.2, 0.25) is 0 Å². The number of para-hydroxylation sites is 1. The molecule has 0 aliphatic heterocycles. The molecule has 0 heterocycles. The van der Waals surface area contributed by atoms with E-state index in [0.29, 0.717) is 6.54 Å². The summed E-state index contributed by atoms with van der Waals surface area (Å²) in [6, 6.07) is 10.00. The Balaban J connectivity index is 2.29. The predicted octanol–water partition coefficient (Wildman–Crippen LogP) is 2.20. The van der Waals surface area contributed by atoms with Gasteiger partial charge in [0.25, 0.3) is 0 Å². The number of thiocarbonyl (C=S) groups is 1. The molecular weight excluding hydrogens is 168 g/mol. The molecule has 0 radical (unpaired) electrons. The zero-order chi connectivity index (χ0) is 8.65. The third-order valence-electron chi connectivity index (χ3n) is 1.39. The largest absolute Gasteiger partial charge is 0.383 e. The van der Waals surface area contributed by atoms with Crippen molar-refractivity contribution in [3.8, 4) is 0 Å². The number of nitrogens with zero attached hydrogens (tertiary/aromatic N) is 1. The molecule has 0 aromatic heterocycles. The highest BCUT2D eigenvalue weighted by Gasteiger charge is 1.86. The van der Waals surface area contributed by atoms with Gasteiger partial charge in [-0.1, -0.05) is 18.2 Å². The summed E-state index contributed by atoms with van der Waals surface area (Å²) in [5.41, 5.74) is 1.11. The van der Waals surface area contributed by atoms with Crippen molar-refractivity contribution in [3.05, 3.63) is 30.3 Å². The number of aliphatic imine (C=N–C) groups is 1. The van der Waals surface area contributed by atoms with Crippen LogP contribution in [0.15, 0.2) is 35.3 Å². The Hall–Kier alpha value is -1.18. The number of anilines is 1. The molecule has 0 bridgehead atoms. The van der Waals surface area contributed by atoms with E-state index in [0.717, 1.165) is 12.2 Å². The van der Waals surface area contributed by atoms with E-state index in [9.17, 15) is 0 Å².